The van der Waals surface area contributed by atoms with Crippen molar-refractivity contribution in [3.8, 4) is 0 Å². The Morgan fingerprint density at radius 3 is 2.70 bits per heavy atom. The zero-order chi connectivity index (χ0) is 16.8. The van der Waals surface area contributed by atoms with Crippen LogP contribution in [0.15, 0.2) is 39.8 Å². The van der Waals surface area contributed by atoms with Crippen LogP contribution < -0.4 is 4.72 Å². The van der Waals surface area contributed by atoms with Gasteiger partial charge in [-0.3, -0.25) is 4.79 Å². The van der Waals surface area contributed by atoms with Gasteiger partial charge in [0.05, 0.1) is 6.26 Å². The van der Waals surface area contributed by atoms with Gasteiger partial charge in [-0.2, -0.15) is 0 Å². The van der Waals surface area contributed by atoms with Crippen LogP contribution in [-0.4, -0.2) is 14.3 Å². The normalized spacial score (nSPS) is 20.3. The Hall–Kier alpha value is -2.22. The van der Waals surface area contributed by atoms with E-state index in [1.165, 1.54) is 13.2 Å². The number of halogens is 2. The highest BCUT2D eigenvalue weighted by Gasteiger charge is 2.47. The number of sulfonamides is 1. The van der Waals surface area contributed by atoms with E-state index in [2.05, 4.69) is 0 Å². The number of carbonyl (C=O) groups is 1. The van der Waals surface area contributed by atoms with Crippen LogP contribution in [0.4, 0.5) is 8.78 Å². The number of furan rings is 1. The molecule has 0 saturated heterocycles. The molecule has 5 nitrogen and oxygen atoms in total. The van der Waals surface area contributed by atoms with Crippen molar-refractivity contribution in [3.63, 3.8) is 0 Å². The average Bonchev–Trinajstić information content (AvgIpc) is 3.09. The first kappa shape index (κ1) is 15.7. The summed E-state index contributed by atoms with van der Waals surface area (Å²) >= 11 is 0. The second kappa shape index (κ2) is 5.45. The maximum atomic E-state index is 13.8. The van der Waals surface area contributed by atoms with Crippen molar-refractivity contribution < 1.29 is 26.4 Å². The highest BCUT2D eigenvalue weighted by molar-refractivity contribution is 7.90. The molecule has 2 unspecified atom stereocenters. The molecule has 1 N–H and O–H groups in total. The van der Waals surface area contributed by atoms with E-state index in [1.807, 2.05) is 0 Å². The summed E-state index contributed by atoms with van der Waals surface area (Å²) in [5.41, 5.74) is -0.0205. The largest absolute Gasteiger partial charge is 0.469 e. The molecule has 0 bridgehead atoms. The fourth-order valence-corrected chi connectivity index (χ4v) is 3.50. The van der Waals surface area contributed by atoms with Crippen LogP contribution in [0.2, 0.25) is 0 Å². The average molecular weight is 341 g/mol. The Balaban J connectivity index is 1.77. The van der Waals surface area contributed by atoms with Crippen LogP contribution in [0.5, 0.6) is 0 Å². The van der Waals surface area contributed by atoms with E-state index in [4.69, 9.17) is 4.42 Å². The van der Waals surface area contributed by atoms with Crippen molar-refractivity contribution in [2.75, 3.05) is 0 Å². The predicted octanol–water partition coefficient (Wildman–Crippen LogP) is 2.47. The van der Waals surface area contributed by atoms with E-state index in [1.54, 1.807) is 16.9 Å². The van der Waals surface area contributed by atoms with Crippen molar-refractivity contribution in [1.29, 1.82) is 0 Å². The summed E-state index contributed by atoms with van der Waals surface area (Å²) in [6.45, 7) is 1.31. The zero-order valence-corrected chi connectivity index (χ0v) is 12.9. The van der Waals surface area contributed by atoms with Gasteiger partial charge in [-0.05, 0) is 43.2 Å². The van der Waals surface area contributed by atoms with Crippen molar-refractivity contribution in [3.05, 3.63) is 53.5 Å². The monoisotopic (exact) mass is 341 g/mol. The predicted molar refractivity (Wildman–Crippen MR) is 76.0 cm³/mol. The van der Waals surface area contributed by atoms with Crippen LogP contribution >= 0.6 is 0 Å². The molecule has 1 aromatic heterocycles. The molecule has 2 aromatic rings. The van der Waals surface area contributed by atoms with Gasteiger partial charge in [-0.25, -0.2) is 21.9 Å². The van der Waals surface area contributed by atoms with Gasteiger partial charge in [-0.15, -0.1) is 0 Å². The minimum atomic E-state index is -4.47. The first-order chi connectivity index (χ1) is 10.8. The number of hydrogen-bond donors (Lipinski definition) is 1. The van der Waals surface area contributed by atoms with Crippen molar-refractivity contribution in [2.24, 2.45) is 5.92 Å². The lowest BCUT2D eigenvalue weighted by Gasteiger charge is -2.08. The second-order valence-corrected chi connectivity index (χ2v) is 7.12. The number of rotatable bonds is 4. The van der Waals surface area contributed by atoms with E-state index in [-0.39, 0.29) is 11.5 Å². The first-order valence-corrected chi connectivity index (χ1v) is 8.33. The summed E-state index contributed by atoms with van der Waals surface area (Å²) < 4.78 is 58.4. The fraction of sp³-hybridized carbons (Fsp3) is 0.267. The molecule has 0 radical (unpaired) electrons. The highest BCUT2D eigenvalue weighted by Crippen LogP contribution is 2.47. The van der Waals surface area contributed by atoms with E-state index < -0.39 is 38.4 Å². The Morgan fingerprint density at radius 1 is 1.30 bits per heavy atom. The summed E-state index contributed by atoms with van der Waals surface area (Å²) in [7, 11) is -4.47. The van der Waals surface area contributed by atoms with Gasteiger partial charge in [0, 0.05) is 11.8 Å². The van der Waals surface area contributed by atoms with Gasteiger partial charge in [-0.1, -0.05) is 0 Å². The maximum Gasteiger partial charge on any atom is 0.267 e. The highest BCUT2D eigenvalue weighted by atomic mass is 32.2. The van der Waals surface area contributed by atoms with Crippen LogP contribution in [0, 0.1) is 24.5 Å². The van der Waals surface area contributed by atoms with Gasteiger partial charge in [0.2, 0.25) is 5.91 Å². The molecular formula is C15H13F2NO4S. The molecular weight excluding hydrogens is 328 g/mol. The van der Waals surface area contributed by atoms with Crippen LogP contribution in [0.1, 0.15) is 23.7 Å². The molecule has 1 aromatic carbocycles. The molecule has 1 amide bonds. The summed E-state index contributed by atoms with van der Waals surface area (Å²) in [5.74, 6) is -2.89. The molecule has 1 fully saturated rings. The number of hydrogen-bond acceptors (Lipinski definition) is 4. The summed E-state index contributed by atoms with van der Waals surface area (Å²) in [5, 5.41) is 0. The maximum absolute atomic E-state index is 13.8. The van der Waals surface area contributed by atoms with E-state index >= 15 is 0 Å². The van der Waals surface area contributed by atoms with E-state index in [9.17, 15) is 22.0 Å². The number of nitrogens with one attached hydrogen (secondary N) is 1. The lowest BCUT2D eigenvalue weighted by Crippen LogP contribution is -2.32. The fourth-order valence-electron chi connectivity index (χ4n) is 2.40. The van der Waals surface area contributed by atoms with Crippen LogP contribution in [0.3, 0.4) is 0 Å². The second-order valence-electron chi connectivity index (χ2n) is 5.47. The quantitative estimate of drug-likeness (QED) is 0.927. The standard InChI is InChI=1S/C15H13F2NO4S/c1-8-5-12(17)14(7-11(8)16)23(20,21)18-15(19)10-6-9(10)13-3-2-4-22-13/h2-5,7,9-10H,6H2,1H3,(H,18,19). The van der Waals surface area contributed by atoms with Crippen LogP contribution in [0.25, 0.3) is 0 Å². The lowest BCUT2D eigenvalue weighted by atomic mass is 10.2. The van der Waals surface area contributed by atoms with E-state index in [0.717, 1.165) is 6.07 Å². The number of benzene rings is 1. The van der Waals surface area contributed by atoms with Gasteiger partial charge in [0.25, 0.3) is 10.0 Å². The Kier molecular flexibility index (Phi) is 3.71. The number of aryl methyl sites for hydroxylation is 1. The molecule has 3 rings (SSSR count). The van der Waals surface area contributed by atoms with Gasteiger partial charge in [0.1, 0.15) is 22.3 Å². The SMILES string of the molecule is Cc1cc(F)c(S(=O)(=O)NC(=O)C2CC2c2ccco2)cc1F. The molecule has 1 heterocycles. The number of carbonyl (C=O) groups excluding carboxylic acids is 1. The molecule has 23 heavy (non-hydrogen) atoms. The van der Waals surface area contributed by atoms with Gasteiger partial charge in [0.15, 0.2) is 0 Å². The molecule has 1 aliphatic rings. The zero-order valence-electron chi connectivity index (χ0n) is 12.0. The summed E-state index contributed by atoms with van der Waals surface area (Å²) in [4.78, 5) is 11.1. The minimum absolute atomic E-state index is 0.0205. The Labute approximate surface area is 131 Å². The minimum Gasteiger partial charge on any atom is -0.469 e. The Morgan fingerprint density at radius 2 is 2.04 bits per heavy atom. The summed E-state index contributed by atoms with van der Waals surface area (Å²) in [6, 6.07) is 4.71. The molecule has 8 heteroatoms. The number of amides is 1. The third kappa shape index (κ3) is 2.98. The topological polar surface area (TPSA) is 76.4 Å². The third-order valence-electron chi connectivity index (χ3n) is 3.77. The van der Waals surface area contributed by atoms with Gasteiger partial charge >= 0.3 is 0 Å². The lowest BCUT2D eigenvalue weighted by molar-refractivity contribution is -0.120. The smallest absolute Gasteiger partial charge is 0.267 e. The van der Waals surface area contributed by atoms with Gasteiger partial charge < -0.3 is 4.42 Å². The van der Waals surface area contributed by atoms with E-state index in [0.29, 0.717) is 18.2 Å². The summed E-state index contributed by atoms with van der Waals surface area (Å²) in [6.07, 6.45) is 1.91. The first-order valence-electron chi connectivity index (χ1n) is 6.85. The molecule has 0 spiro atoms. The third-order valence-corrected chi connectivity index (χ3v) is 5.14. The Bertz CT molecular complexity index is 862. The molecule has 2 atom stereocenters. The molecule has 1 saturated carbocycles. The van der Waals surface area contributed by atoms with Crippen LogP contribution in [-0.2, 0) is 14.8 Å². The molecule has 0 aliphatic heterocycles. The van der Waals surface area contributed by atoms with Crippen molar-refractivity contribution in [1.82, 2.24) is 4.72 Å². The molecule has 122 valence electrons. The van der Waals surface area contributed by atoms with Crippen molar-refractivity contribution >= 4 is 15.9 Å². The molecule has 1 aliphatic carbocycles. The van der Waals surface area contributed by atoms with Crippen molar-refractivity contribution in [2.45, 2.75) is 24.2 Å².